The number of aryl methyl sites for hydroxylation is 1. The minimum absolute atomic E-state index is 0.127. The fourth-order valence-electron chi connectivity index (χ4n) is 2.45. The van der Waals surface area contributed by atoms with Gasteiger partial charge in [-0.3, -0.25) is 0 Å². The first-order valence-corrected chi connectivity index (χ1v) is 8.27. The molecule has 0 aliphatic carbocycles. The molecule has 0 fully saturated rings. The average Bonchev–Trinajstić information content (AvgIpc) is 2.83. The number of benzene rings is 1. The van der Waals surface area contributed by atoms with Crippen molar-refractivity contribution in [2.75, 3.05) is 19.8 Å². The highest BCUT2D eigenvalue weighted by atomic mass is 35.5. The summed E-state index contributed by atoms with van der Waals surface area (Å²) in [4.78, 5) is 1.22. The molecule has 0 bridgehead atoms. The molecule has 21 heavy (non-hydrogen) atoms. The van der Waals surface area contributed by atoms with Crippen molar-refractivity contribution in [3.63, 3.8) is 0 Å². The zero-order valence-electron chi connectivity index (χ0n) is 12.1. The standard InChI is InChI=1S/C16H18ClNO2S/c1-3-18-15(14-8-10(2)16(17)21-14)11-4-5-12-13(9-11)20-7-6-19-12/h4-5,8-9,15,18H,3,6-7H2,1-2H3. The summed E-state index contributed by atoms with van der Waals surface area (Å²) in [5, 5.41) is 3.52. The Morgan fingerprint density at radius 3 is 2.67 bits per heavy atom. The Bertz CT molecular complexity index is 622. The zero-order chi connectivity index (χ0) is 14.8. The van der Waals surface area contributed by atoms with Crippen LogP contribution in [0.25, 0.3) is 0 Å². The quantitative estimate of drug-likeness (QED) is 0.915. The first kappa shape index (κ1) is 14.7. The third-order valence-corrected chi connectivity index (χ3v) is 5.09. The summed E-state index contributed by atoms with van der Waals surface area (Å²) in [6.45, 7) is 6.24. The van der Waals surface area contributed by atoms with E-state index in [-0.39, 0.29) is 6.04 Å². The molecular weight excluding hydrogens is 306 g/mol. The van der Waals surface area contributed by atoms with Gasteiger partial charge in [0.25, 0.3) is 0 Å². The van der Waals surface area contributed by atoms with Gasteiger partial charge in [0.15, 0.2) is 11.5 Å². The topological polar surface area (TPSA) is 30.5 Å². The number of halogens is 1. The molecule has 3 rings (SSSR count). The largest absolute Gasteiger partial charge is 0.486 e. The predicted octanol–water partition coefficient (Wildman–Crippen LogP) is 4.18. The summed E-state index contributed by atoms with van der Waals surface area (Å²) >= 11 is 7.85. The Morgan fingerprint density at radius 1 is 1.24 bits per heavy atom. The van der Waals surface area contributed by atoms with E-state index in [0.717, 1.165) is 27.9 Å². The van der Waals surface area contributed by atoms with Crippen LogP contribution >= 0.6 is 22.9 Å². The number of nitrogens with one attached hydrogen (secondary N) is 1. The van der Waals surface area contributed by atoms with Gasteiger partial charge in [-0.05, 0) is 42.8 Å². The number of thiophene rings is 1. The van der Waals surface area contributed by atoms with Crippen molar-refractivity contribution in [1.29, 1.82) is 0 Å². The Kier molecular flexibility index (Phi) is 4.38. The monoisotopic (exact) mass is 323 g/mol. The van der Waals surface area contributed by atoms with Crippen LogP contribution < -0.4 is 14.8 Å². The van der Waals surface area contributed by atoms with Crippen LogP contribution in [0.1, 0.15) is 29.0 Å². The minimum Gasteiger partial charge on any atom is -0.486 e. The molecule has 0 amide bonds. The van der Waals surface area contributed by atoms with Gasteiger partial charge >= 0.3 is 0 Å². The summed E-state index contributed by atoms with van der Waals surface area (Å²) in [6.07, 6.45) is 0. The molecule has 0 saturated heterocycles. The Hall–Kier alpha value is -1.23. The van der Waals surface area contributed by atoms with Gasteiger partial charge in [0.1, 0.15) is 13.2 Å². The number of fused-ring (bicyclic) bond motifs is 1. The van der Waals surface area contributed by atoms with Crippen molar-refractivity contribution in [3.8, 4) is 11.5 Å². The summed E-state index contributed by atoms with van der Waals surface area (Å²) in [5.41, 5.74) is 2.29. The third kappa shape index (κ3) is 3.03. The lowest BCUT2D eigenvalue weighted by atomic mass is 10.0. The maximum absolute atomic E-state index is 6.22. The van der Waals surface area contributed by atoms with Gasteiger partial charge in [0, 0.05) is 4.88 Å². The molecule has 1 aromatic heterocycles. The molecule has 1 aromatic carbocycles. The van der Waals surface area contributed by atoms with Gasteiger partial charge in [-0.1, -0.05) is 24.6 Å². The van der Waals surface area contributed by atoms with Crippen LogP contribution in [0, 0.1) is 6.92 Å². The van der Waals surface area contributed by atoms with Crippen molar-refractivity contribution in [3.05, 3.63) is 44.6 Å². The molecule has 1 N–H and O–H groups in total. The van der Waals surface area contributed by atoms with Crippen LogP contribution in [0.2, 0.25) is 4.34 Å². The highest BCUT2D eigenvalue weighted by Crippen LogP contribution is 2.38. The molecule has 112 valence electrons. The van der Waals surface area contributed by atoms with Crippen LogP contribution in [-0.4, -0.2) is 19.8 Å². The van der Waals surface area contributed by atoms with E-state index in [0.29, 0.717) is 13.2 Å². The van der Waals surface area contributed by atoms with Crippen LogP contribution in [0.5, 0.6) is 11.5 Å². The maximum Gasteiger partial charge on any atom is 0.161 e. The molecule has 5 heteroatoms. The lowest BCUT2D eigenvalue weighted by Crippen LogP contribution is -2.22. The van der Waals surface area contributed by atoms with E-state index >= 15 is 0 Å². The molecule has 2 aromatic rings. The van der Waals surface area contributed by atoms with Crippen molar-refractivity contribution in [1.82, 2.24) is 5.32 Å². The fraction of sp³-hybridized carbons (Fsp3) is 0.375. The van der Waals surface area contributed by atoms with E-state index in [4.69, 9.17) is 21.1 Å². The summed E-state index contributed by atoms with van der Waals surface area (Å²) < 4.78 is 12.1. The maximum atomic E-state index is 6.22. The molecular formula is C16H18ClNO2S. The van der Waals surface area contributed by atoms with E-state index in [1.165, 1.54) is 10.4 Å². The fourth-order valence-corrected chi connectivity index (χ4v) is 3.77. The summed E-state index contributed by atoms with van der Waals surface area (Å²) in [7, 11) is 0. The molecule has 0 saturated carbocycles. The van der Waals surface area contributed by atoms with E-state index in [1.54, 1.807) is 11.3 Å². The van der Waals surface area contributed by atoms with Crippen molar-refractivity contribution < 1.29 is 9.47 Å². The molecule has 0 radical (unpaired) electrons. The second kappa shape index (κ2) is 6.26. The molecule has 1 unspecified atom stereocenters. The second-order valence-corrected chi connectivity index (χ2v) is 6.69. The lowest BCUT2D eigenvalue weighted by Gasteiger charge is -2.22. The average molecular weight is 324 g/mol. The highest BCUT2D eigenvalue weighted by Gasteiger charge is 2.20. The van der Waals surface area contributed by atoms with Crippen LogP contribution in [0.4, 0.5) is 0 Å². The lowest BCUT2D eigenvalue weighted by molar-refractivity contribution is 0.171. The Labute approximate surface area is 133 Å². The van der Waals surface area contributed by atoms with Crippen LogP contribution in [-0.2, 0) is 0 Å². The van der Waals surface area contributed by atoms with E-state index in [1.807, 2.05) is 13.0 Å². The molecule has 1 atom stereocenters. The predicted molar refractivity (Wildman–Crippen MR) is 87.0 cm³/mol. The number of hydrogen-bond donors (Lipinski definition) is 1. The Morgan fingerprint density at radius 2 is 2.00 bits per heavy atom. The SMILES string of the molecule is CCNC(c1ccc2c(c1)OCCO2)c1cc(C)c(Cl)s1. The summed E-state index contributed by atoms with van der Waals surface area (Å²) in [5.74, 6) is 1.64. The van der Waals surface area contributed by atoms with Gasteiger partial charge < -0.3 is 14.8 Å². The van der Waals surface area contributed by atoms with E-state index in [2.05, 4.69) is 30.4 Å². The molecule has 1 aliphatic heterocycles. The normalized spacial score (nSPS) is 15.0. The van der Waals surface area contributed by atoms with Gasteiger partial charge in [0.2, 0.25) is 0 Å². The van der Waals surface area contributed by atoms with Gasteiger partial charge in [-0.2, -0.15) is 0 Å². The minimum atomic E-state index is 0.127. The van der Waals surface area contributed by atoms with Gasteiger partial charge in [0.05, 0.1) is 10.4 Å². The molecule has 0 spiro atoms. The number of ether oxygens (including phenoxy) is 2. The van der Waals surface area contributed by atoms with E-state index in [9.17, 15) is 0 Å². The highest BCUT2D eigenvalue weighted by molar-refractivity contribution is 7.16. The summed E-state index contributed by atoms with van der Waals surface area (Å²) in [6, 6.07) is 8.41. The molecule has 1 aliphatic rings. The Balaban J connectivity index is 1.97. The first-order valence-electron chi connectivity index (χ1n) is 7.07. The first-order chi connectivity index (χ1) is 10.2. The number of hydrogen-bond acceptors (Lipinski definition) is 4. The van der Waals surface area contributed by atoms with Crippen molar-refractivity contribution in [2.45, 2.75) is 19.9 Å². The van der Waals surface area contributed by atoms with Gasteiger partial charge in [-0.25, -0.2) is 0 Å². The number of rotatable bonds is 4. The second-order valence-electron chi connectivity index (χ2n) is 5.00. The van der Waals surface area contributed by atoms with Crippen LogP contribution in [0.15, 0.2) is 24.3 Å². The zero-order valence-corrected chi connectivity index (χ0v) is 13.7. The molecule has 2 heterocycles. The van der Waals surface area contributed by atoms with Crippen LogP contribution in [0.3, 0.4) is 0 Å². The van der Waals surface area contributed by atoms with E-state index < -0.39 is 0 Å². The molecule has 3 nitrogen and oxygen atoms in total. The smallest absolute Gasteiger partial charge is 0.161 e. The van der Waals surface area contributed by atoms with Crippen molar-refractivity contribution >= 4 is 22.9 Å². The van der Waals surface area contributed by atoms with Crippen molar-refractivity contribution in [2.24, 2.45) is 0 Å². The van der Waals surface area contributed by atoms with Gasteiger partial charge in [-0.15, -0.1) is 11.3 Å². The third-order valence-electron chi connectivity index (χ3n) is 3.47.